The highest BCUT2D eigenvalue weighted by Gasteiger charge is 2.37. The minimum absolute atomic E-state index is 0.0478. The Morgan fingerprint density at radius 2 is 1.92 bits per heavy atom. The Hall–Kier alpha value is -1.95. The van der Waals surface area contributed by atoms with Crippen molar-refractivity contribution < 1.29 is 18.7 Å². The van der Waals surface area contributed by atoms with E-state index in [-0.39, 0.29) is 23.5 Å². The number of benzene rings is 1. The molecule has 2 aliphatic rings. The number of piperidine rings is 1. The molecule has 1 aromatic rings. The standard InChI is InChI=1S/C20H27FN2O3/c1-26-11-10-23-14-17(13-19(23)24)20(25)22-8-6-16(7-9-22)12-15-2-4-18(21)5-3-15/h2-5,16-17H,6-14H2,1H3. The maximum absolute atomic E-state index is 13.0. The summed E-state index contributed by atoms with van der Waals surface area (Å²) >= 11 is 0. The van der Waals surface area contributed by atoms with Crippen LogP contribution in [-0.2, 0) is 20.7 Å². The van der Waals surface area contributed by atoms with Crippen molar-refractivity contribution in [2.45, 2.75) is 25.7 Å². The molecule has 0 saturated carbocycles. The molecular weight excluding hydrogens is 335 g/mol. The Balaban J connectivity index is 1.46. The van der Waals surface area contributed by atoms with Crippen LogP contribution in [0.1, 0.15) is 24.8 Å². The number of hydrogen-bond donors (Lipinski definition) is 0. The van der Waals surface area contributed by atoms with E-state index in [9.17, 15) is 14.0 Å². The molecule has 2 heterocycles. The van der Waals surface area contributed by atoms with Gasteiger partial charge < -0.3 is 14.5 Å². The zero-order valence-corrected chi connectivity index (χ0v) is 15.3. The van der Waals surface area contributed by atoms with Gasteiger partial charge in [0.15, 0.2) is 0 Å². The molecule has 0 aromatic heterocycles. The van der Waals surface area contributed by atoms with E-state index in [1.54, 1.807) is 12.0 Å². The van der Waals surface area contributed by atoms with E-state index in [2.05, 4.69) is 0 Å². The van der Waals surface area contributed by atoms with E-state index < -0.39 is 0 Å². The van der Waals surface area contributed by atoms with Gasteiger partial charge in [0.25, 0.3) is 0 Å². The van der Waals surface area contributed by atoms with E-state index in [0.29, 0.717) is 32.0 Å². The van der Waals surface area contributed by atoms with Gasteiger partial charge in [0.2, 0.25) is 11.8 Å². The average molecular weight is 362 g/mol. The van der Waals surface area contributed by atoms with Crippen molar-refractivity contribution in [3.05, 3.63) is 35.6 Å². The average Bonchev–Trinajstić information content (AvgIpc) is 3.02. The normalized spacial score (nSPS) is 21.5. The third kappa shape index (κ3) is 4.61. The molecule has 2 fully saturated rings. The lowest BCUT2D eigenvalue weighted by Crippen LogP contribution is -2.43. The Bertz CT molecular complexity index is 626. The first-order valence-corrected chi connectivity index (χ1v) is 9.36. The fraction of sp³-hybridized carbons (Fsp3) is 0.600. The van der Waals surface area contributed by atoms with Gasteiger partial charge in [-0.25, -0.2) is 4.39 Å². The first-order valence-electron chi connectivity index (χ1n) is 9.36. The Kier molecular flexibility index (Phi) is 6.25. The lowest BCUT2D eigenvalue weighted by atomic mass is 9.89. The molecule has 3 rings (SSSR count). The Morgan fingerprint density at radius 3 is 2.58 bits per heavy atom. The molecule has 142 valence electrons. The van der Waals surface area contributed by atoms with Crippen molar-refractivity contribution in [3.63, 3.8) is 0 Å². The molecule has 2 amide bonds. The van der Waals surface area contributed by atoms with E-state index >= 15 is 0 Å². The van der Waals surface area contributed by atoms with Crippen molar-refractivity contribution in [1.29, 1.82) is 0 Å². The number of nitrogens with zero attached hydrogens (tertiary/aromatic N) is 2. The van der Waals surface area contributed by atoms with Crippen LogP contribution in [0.15, 0.2) is 24.3 Å². The van der Waals surface area contributed by atoms with Gasteiger partial charge in [-0.15, -0.1) is 0 Å². The molecule has 0 N–H and O–H groups in total. The van der Waals surface area contributed by atoms with Crippen LogP contribution in [0.2, 0.25) is 0 Å². The molecule has 0 aliphatic carbocycles. The van der Waals surface area contributed by atoms with Gasteiger partial charge in [-0.3, -0.25) is 9.59 Å². The number of hydrogen-bond acceptors (Lipinski definition) is 3. The minimum atomic E-state index is -0.215. The van der Waals surface area contributed by atoms with E-state index in [1.165, 1.54) is 12.1 Å². The largest absolute Gasteiger partial charge is 0.383 e. The summed E-state index contributed by atoms with van der Waals surface area (Å²) in [5, 5.41) is 0. The smallest absolute Gasteiger partial charge is 0.227 e. The first-order chi connectivity index (χ1) is 12.6. The zero-order chi connectivity index (χ0) is 18.5. The van der Waals surface area contributed by atoms with Crippen molar-refractivity contribution >= 4 is 11.8 Å². The molecule has 0 radical (unpaired) electrons. The van der Waals surface area contributed by atoms with Crippen molar-refractivity contribution in [3.8, 4) is 0 Å². The summed E-state index contributed by atoms with van der Waals surface area (Å²) in [5.74, 6) is 0.255. The summed E-state index contributed by atoms with van der Waals surface area (Å²) in [6.45, 7) is 3.05. The second-order valence-electron chi connectivity index (χ2n) is 7.33. The van der Waals surface area contributed by atoms with Crippen molar-refractivity contribution in [2.75, 3.05) is 39.9 Å². The number of rotatable bonds is 6. The third-order valence-corrected chi connectivity index (χ3v) is 5.49. The van der Waals surface area contributed by atoms with Crippen LogP contribution in [0, 0.1) is 17.7 Å². The second kappa shape index (κ2) is 8.62. The SMILES string of the molecule is COCCN1CC(C(=O)N2CCC(Cc3ccc(F)cc3)CC2)CC1=O. The summed E-state index contributed by atoms with van der Waals surface area (Å²) in [4.78, 5) is 28.4. The van der Waals surface area contributed by atoms with Crippen LogP contribution in [0.3, 0.4) is 0 Å². The number of ether oxygens (including phenoxy) is 1. The van der Waals surface area contributed by atoms with Gasteiger partial charge in [-0.05, 0) is 42.9 Å². The van der Waals surface area contributed by atoms with Crippen LogP contribution in [0.25, 0.3) is 0 Å². The predicted molar refractivity (Wildman–Crippen MR) is 96.0 cm³/mol. The summed E-state index contributed by atoms with van der Waals surface area (Å²) in [6, 6.07) is 6.68. The quantitative estimate of drug-likeness (QED) is 0.779. The number of halogens is 1. The first kappa shape index (κ1) is 18.8. The molecule has 1 unspecified atom stereocenters. The van der Waals surface area contributed by atoms with E-state index in [0.717, 1.165) is 37.9 Å². The monoisotopic (exact) mass is 362 g/mol. The molecule has 2 saturated heterocycles. The molecule has 1 aromatic carbocycles. The molecule has 1 atom stereocenters. The Morgan fingerprint density at radius 1 is 1.23 bits per heavy atom. The molecule has 5 nitrogen and oxygen atoms in total. The van der Waals surface area contributed by atoms with Crippen molar-refractivity contribution in [1.82, 2.24) is 9.80 Å². The molecule has 0 bridgehead atoms. The fourth-order valence-electron chi connectivity index (χ4n) is 3.92. The van der Waals surface area contributed by atoms with Crippen LogP contribution in [0.4, 0.5) is 4.39 Å². The van der Waals surface area contributed by atoms with Gasteiger partial charge in [0.1, 0.15) is 5.82 Å². The number of likely N-dealkylation sites (tertiary alicyclic amines) is 2. The lowest BCUT2D eigenvalue weighted by molar-refractivity contribution is -0.137. The summed E-state index contributed by atoms with van der Waals surface area (Å²) < 4.78 is 18.0. The topological polar surface area (TPSA) is 49.9 Å². The summed E-state index contributed by atoms with van der Waals surface area (Å²) in [6.07, 6.45) is 3.15. The van der Waals surface area contributed by atoms with Gasteiger partial charge in [-0.2, -0.15) is 0 Å². The minimum Gasteiger partial charge on any atom is -0.383 e. The maximum Gasteiger partial charge on any atom is 0.227 e. The zero-order valence-electron chi connectivity index (χ0n) is 15.3. The number of amides is 2. The highest BCUT2D eigenvalue weighted by Crippen LogP contribution is 2.26. The molecule has 0 spiro atoms. The number of carbonyl (C=O) groups is 2. The van der Waals surface area contributed by atoms with Gasteiger partial charge >= 0.3 is 0 Å². The van der Waals surface area contributed by atoms with Crippen LogP contribution >= 0.6 is 0 Å². The second-order valence-corrected chi connectivity index (χ2v) is 7.33. The molecule has 6 heteroatoms. The Labute approximate surface area is 154 Å². The van der Waals surface area contributed by atoms with Crippen LogP contribution < -0.4 is 0 Å². The van der Waals surface area contributed by atoms with Crippen LogP contribution in [0.5, 0.6) is 0 Å². The van der Waals surface area contributed by atoms with Gasteiger partial charge in [0.05, 0.1) is 12.5 Å². The molecular formula is C20H27FN2O3. The summed E-state index contributed by atoms with van der Waals surface area (Å²) in [5.41, 5.74) is 1.14. The molecule has 26 heavy (non-hydrogen) atoms. The van der Waals surface area contributed by atoms with Gasteiger partial charge in [-0.1, -0.05) is 12.1 Å². The highest BCUT2D eigenvalue weighted by molar-refractivity contribution is 5.89. The van der Waals surface area contributed by atoms with E-state index in [4.69, 9.17) is 4.74 Å². The summed E-state index contributed by atoms with van der Waals surface area (Å²) in [7, 11) is 1.61. The predicted octanol–water partition coefficient (Wildman–Crippen LogP) is 2.10. The van der Waals surface area contributed by atoms with E-state index in [1.807, 2.05) is 17.0 Å². The van der Waals surface area contributed by atoms with Crippen molar-refractivity contribution in [2.24, 2.45) is 11.8 Å². The van der Waals surface area contributed by atoms with Crippen LogP contribution in [-0.4, -0.2) is 61.5 Å². The lowest BCUT2D eigenvalue weighted by Gasteiger charge is -2.33. The number of methoxy groups -OCH3 is 1. The fourth-order valence-corrected chi connectivity index (χ4v) is 3.92. The maximum atomic E-state index is 13.0. The highest BCUT2D eigenvalue weighted by atomic mass is 19.1. The third-order valence-electron chi connectivity index (χ3n) is 5.49. The van der Waals surface area contributed by atoms with Gasteiger partial charge in [0, 0.05) is 39.7 Å². The molecule has 2 aliphatic heterocycles. The number of carbonyl (C=O) groups excluding carboxylic acids is 2.